The number of carbonyl (C=O) groups is 1. The summed E-state index contributed by atoms with van der Waals surface area (Å²) >= 11 is 0. The summed E-state index contributed by atoms with van der Waals surface area (Å²) in [5, 5.41) is 9.61. The van der Waals surface area contributed by atoms with Crippen molar-refractivity contribution < 1.29 is 14.6 Å². The molecule has 0 atom stereocenters. The maximum Gasteiger partial charge on any atom is 0.305 e. The fourth-order valence-electron chi connectivity index (χ4n) is 5.07. The van der Waals surface area contributed by atoms with Crippen LogP contribution in [-0.4, -0.2) is 73.4 Å². The Morgan fingerprint density at radius 2 is 0.895 bits per heavy atom. The van der Waals surface area contributed by atoms with Gasteiger partial charge in [0.2, 0.25) is 0 Å². The molecule has 0 aliphatic carbocycles. The minimum Gasteiger partial charge on any atom is -0.466 e. The Morgan fingerprint density at radius 1 is 0.500 bits per heavy atom. The summed E-state index contributed by atoms with van der Waals surface area (Å²) in [4.78, 5) is 17.0. The maximum absolute atomic E-state index is 11.9. The molecule has 0 spiro atoms. The lowest BCUT2D eigenvalue weighted by Gasteiger charge is -2.27. The lowest BCUT2D eigenvalue weighted by Crippen LogP contribution is -2.38. The molecule has 0 radical (unpaired) electrons. The van der Waals surface area contributed by atoms with Crippen molar-refractivity contribution in [2.24, 2.45) is 0 Å². The van der Waals surface area contributed by atoms with E-state index in [-0.39, 0.29) is 12.6 Å². The zero-order chi connectivity index (χ0) is 27.9. The first-order valence-electron chi connectivity index (χ1n) is 16.9. The third-order valence-electron chi connectivity index (χ3n) is 7.67. The number of rotatable bonds is 31. The summed E-state index contributed by atoms with van der Waals surface area (Å²) in [7, 11) is 0. The normalized spacial score (nSPS) is 11.6. The predicted octanol–water partition coefficient (Wildman–Crippen LogP) is 8.38. The zero-order valence-electron chi connectivity index (χ0n) is 26.2. The zero-order valence-corrected chi connectivity index (χ0v) is 26.2. The van der Waals surface area contributed by atoms with Crippen molar-refractivity contribution in [1.29, 1.82) is 0 Å². The van der Waals surface area contributed by atoms with Crippen LogP contribution < -0.4 is 0 Å². The molecule has 0 bridgehead atoms. The molecule has 5 nitrogen and oxygen atoms in total. The molecule has 228 valence electrons. The molecule has 0 fully saturated rings. The highest BCUT2D eigenvalue weighted by Gasteiger charge is 2.10. The van der Waals surface area contributed by atoms with Gasteiger partial charge in [0.1, 0.15) is 0 Å². The van der Waals surface area contributed by atoms with E-state index in [2.05, 4.69) is 30.6 Å². The molecule has 5 heteroatoms. The van der Waals surface area contributed by atoms with Crippen LogP contribution in [0.1, 0.15) is 156 Å². The summed E-state index contributed by atoms with van der Waals surface area (Å²) in [6.45, 7) is 13.9. The van der Waals surface area contributed by atoms with E-state index in [9.17, 15) is 9.90 Å². The van der Waals surface area contributed by atoms with E-state index in [4.69, 9.17) is 4.74 Å². The number of unbranched alkanes of at least 4 members (excludes halogenated alkanes) is 16. The van der Waals surface area contributed by atoms with Gasteiger partial charge in [-0.3, -0.25) is 9.69 Å². The molecule has 0 aliphatic rings. The van der Waals surface area contributed by atoms with Gasteiger partial charge in [-0.25, -0.2) is 0 Å². The van der Waals surface area contributed by atoms with Crippen molar-refractivity contribution in [3.8, 4) is 0 Å². The second kappa shape index (κ2) is 30.9. The average molecular weight is 541 g/mol. The molecule has 38 heavy (non-hydrogen) atoms. The smallest absolute Gasteiger partial charge is 0.305 e. The van der Waals surface area contributed by atoms with Crippen molar-refractivity contribution in [2.45, 2.75) is 156 Å². The van der Waals surface area contributed by atoms with Crippen LogP contribution in [-0.2, 0) is 9.53 Å². The van der Waals surface area contributed by atoms with Crippen LogP contribution in [0.4, 0.5) is 0 Å². The molecule has 0 aromatic carbocycles. The van der Waals surface area contributed by atoms with E-state index in [1.165, 1.54) is 103 Å². The van der Waals surface area contributed by atoms with Gasteiger partial charge in [-0.05, 0) is 51.7 Å². The molecule has 0 aromatic heterocycles. The van der Waals surface area contributed by atoms with Gasteiger partial charge in [-0.2, -0.15) is 0 Å². The predicted molar refractivity (Wildman–Crippen MR) is 165 cm³/mol. The van der Waals surface area contributed by atoms with Gasteiger partial charge in [0.25, 0.3) is 0 Å². The molecular weight excluding hydrogens is 472 g/mol. The Bertz CT molecular complexity index is 457. The summed E-state index contributed by atoms with van der Waals surface area (Å²) < 4.78 is 5.32. The number of aliphatic hydroxyl groups is 1. The molecule has 0 saturated heterocycles. The molecule has 1 N–H and O–H groups in total. The number of esters is 1. The van der Waals surface area contributed by atoms with Crippen molar-refractivity contribution in [3.05, 3.63) is 0 Å². The maximum atomic E-state index is 11.9. The van der Waals surface area contributed by atoms with E-state index in [1.54, 1.807) is 0 Å². The van der Waals surface area contributed by atoms with Gasteiger partial charge in [0, 0.05) is 26.1 Å². The largest absolute Gasteiger partial charge is 0.466 e. The van der Waals surface area contributed by atoms with E-state index >= 15 is 0 Å². The third-order valence-corrected chi connectivity index (χ3v) is 7.67. The number of aliphatic hydroxyl groups excluding tert-OH is 1. The average Bonchev–Trinajstić information content (AvgIpc) is 2.92. The number of hydrogen-bond acceptors (Lipinski definition) is 5. The highest BCUT2D eigenvalue weighted by Crippen LogP contribution is 2.11. The monoisotopic (exact) mass is 541 g/mol. The molecule has 0 heterocycles. The summed E-state index contributed by atoms with van der Waals surface area (Å²) in [5.74, 6) is -0.0420. The van der Waals surface area contributed by atoms with Crippen molar-refractivity contribution in [3.63, 3.8) is 0 Å². The van der Waals surface area contributed by atoms with E-state index in [0.717, 1.165) is 64.7 Å². The van der Waals surface area contributed by atoms with Crippen molar-refractivity contribution in [1.82, 2.24) is 9.80 Å². The van der Waals surface area contributed by atoms with Crippen LogP contribution in [0.3, 0.4) is 0 Å². The van der Waals surface area contributed by atoms with Crippen LogP contribution in [0.5, 0.6) is 0 Å². The summed E-state index contributed by atoms with van der Waals surface area (Å²) in [6, 6.07) is 0. The van der Waals surface area contributed by atoms with Crippen LogP contribution in [0.15, 0.2) is 0 Å². The standard InChI is InChI=1S/C33H68N2O3/c1-4-7-10-12-14-16-20-25-34(26-21-17-15-13-11-8-5-2)28-29-35(30-31-36)27-22-18-19-24-33(37)38-32-23-9-6-3/h36H,4-32H2,1-3H3. The fourth-order valence-corrected chi connectivity index (χ4v) is 5.07. The van der Waals surface area contributed by atoms with Gasteiger partial charge < -0.3 is 14.7 Å². The first kappa shape index (κ1) is 37.4. The van der Waals surface area contributed by atoms with Crippen LogP contribution in [0, 0.1) is 0 Å². The van der Waals surface area contributed by atoms with Crippen LogP contribution in [0.25, 0.3) is 0 Å². The molecule has 0 unspecified atom stereocenters. The van der Waals surface area contributed by atoms with E-state index in [0.29, 0.717) is 13.0 Å². The van der Waals surface area contributed by atoms with Gasteiger partial charge in [-0.15, -0.1) is 0 Å². The molecule has 0 amide bonds. The summed E-state index contributed by atoms with van der Waals surface area (Å²) in [5.41, 5.74) is 0. The first-order valence-corrected chi connectivity index (χ1v) is 16.9. The fraction of sp³-hybridized carbons (Fsp3) is 0.970. The van der Waals surface area contributed by atoms with Gasteiger partial charge in [0.15, 0.2) is 0 Å². The molecule has 0 aromatic rings. The summed E-state index contributed by atoms with van der Waals surface area (Å²) in [6.07, 6.45) is 25.9. The molecule has 0 aliphatic heterocycles. The van der Waals surface area contributed by atoms with Crippen LogP contribution >= 0.6 is 0 Å². The first-order chi connectivity index (χ1) is 18.7. The van der Waals surface area contributed by atoms with Crippen molar-refractivity contribution >= 4 is 5.97 Å². The number of hydrogen-bond donors (Lipinski definition) is 1. The van der Waals surface area contributed by atoms with E-state index < -0.39 is 0 Å². The minimum atomic E-state index is -0.0420. The lowest BCUT2D eigenvalue weighted by atomic mass is 10.1. The van der Waals surface area contributed by atoms with Crippen molar-refractivity contribution in [2.75, 3.05) is 52.5 Å². The molecular formula is C33H68N2O3. The Labute approximate surface area is 238 Å². The number of ether oxygens (including phenoxy) is 1. The van der Waals surface area contributed by atoms with E-state index in [1.807, 2.05) is 0 Å². The highest BCUT2D eigenvalue weighted by molar-refractivity contribution is 5.69. The Hall–Kier alpha value is -0.650. The second-order valence-electron chi connectivity index (χ2n) is 11.4. The lowest BCUT2D eigenvalue weighted by molar-refractivity contribution is -0.143. The molecule has 0 saturated carbocycles. The topological polar surface area (TPSA) is 53.0 Å². The highest BCUT2D eigenvalue weighted by atomic mass is 16.5. The Morgan fingerprint density at radius 3 is 1.37 bits per heavy atom. The van der Waals surface area contributed by atoms with Crippen LogP contribution in [0.2, 0.25) is 0 Å². The van der Waals surface area contributed by atoms with Gasteiger partial charge in [0.05, 0.1) is 13.2 Å². The van der Waals surface area contributed by atoms with Gasteiger partial charge >= 0.3 is 5.97 Å². The van der Waals surface area contributed by atoms with Gasteiger partial charge in [-0.1, -0.05) is 117 Å². The molecule has 0 rings (SSSR count). The SMILES string of the molecule is CCCCCCCCCN(CCCCCCCCC)CCN(CCO)CCCCCC(=O)OCCCCC. The Balaban J connectivity index is 4.28. The number of carbonyl (C=O) groups excluding carboxylic acids is 1. The minimum absolute atomic E-state index is 0.0420. The second-order valence-corrected chi connectivity index (χ2v) is 11.4. The quantitative estimate of drug-likeness (QED) is 0.0707. The Kier molecular flexibility index (Phi) is 30.4. The third kappa shape index (κ3) is 26.9. The number of nitrogens with zero attached hydrogens (tertiary/aromatic N) is 2.